The minimum absolute atomic E-state index is 0.0617. The Morgan fingerprint density at radius 2 is 1.90 bits per heavy atom. The lowest BCUT2D eigenvalue weighted by atomic mass is 10.2. The molecule has 1 amide bonds. The average molecular weight is 437 g/mol. The maximum atomic E-state index is 12.9. The van der Waals surface area contributed by atoms with Crippen LogP contribution in [0.25, 0.3) is 0 Å². The molecule has 0 saturated carbocycles. The highest BCUT2D eigenvalue weighted by Gasteiger charge is 2.23. The second-order valence-corrected chi connectivity index (χ2v) is 8.94. The molecule has 0 radical (unpaired) electrons. The van der Waals surface area contributed by atoms with Gasteiger partial charge in [-0.2, -0.15) is 0 Å². The van der Waals surface area contributed by atoms with Crippen molar-refractivity contribution in [2.24, 2.45) is 0 Å². The van der Waals surface area contributed by atoms with Crippen LogP contribution in [0.15, 0.2) is 58.3 Å². The van der Waals surface area contributed by atoms with E-state index in [0.717, 1.165) is 4.90 Å². The van der Waals surface area contributed by atoms with Gasteiger partial charge in [-0.15, -0.1) is 11.8 Å². The van der Waals surface area contributed by atoms with Gasteiger partial charge in [0.15, 0.2) is 0 Å². The van der Waals surface area contributed by atoms with Gasteiger partial charge < -0.3 is 14.4 Å². The average Bonchev–Trinajstić information content (AvgIpc) is 2.77. The Hall–Kier alpha value is -2.07. The van der Waals surface area contributed by atoms with Gasteiger partial charge >= 0.3 is 0 Å². The highest BCUT2D eigenvalue weighted by molar-refractivity contribution is 7.98. The van der Waals surface area contributed by atoms with Crippen molar-refractivity contribution in [1.29, 1.82) is 0 Å². The number of nitrogens with one attached hydrogen (secondary N) is 1. The van der Waals surface area contributed by atoms with Crippen LogP contribution in [0.3, 0.4) is 0 Å². The number of thioether (sulfide) groups is 1. The molecule has 2 aromatic carbocycles. The molecule has 0 bridgehead atoms. The van der Waals surface area contributed by atoms with E-state index in [1.807, 2.05) is 24.5 Å². The summed E-state index contributed by atoms with van der Waals surface area (Å²) in [6, 6.07) is 13.8. The monoisotopic (exact) mass is 436 g/mol. The molecule has 7 nitrogen and oxygen atoms in total. The van der Waals surface area contributed by atoms with Crippen LogP contribution in [0.2, 0.25) is 0 Å². The number of nitrogens with zero attached hydrogens (tertiary/aromatic N) is 1. The molecule has 1 heterocycles. The van der Waals surface area contributed by atoms with Crippen LogP contribution in [-0.2, 0) is 14.8 Å². The van der Waals surface area contributed by atoms with Crippen molar-refractivity contribution < 1.29 is 22.7 Å². The normalized spacial score (nSPS) is 14.6. The van der Waals surface area contributed by atoms with Gasteiger partial charge in [-0.1, -0.05) is 18.2 Å². The first-order valence-electron chi connectivity index (χ1n) is 9.24. The molecule has 1 N–H and O–H groups in total. The number of para-hydroxylation sites is 1. The summed E-state index contributed by atoms with van der Waals surface area (Å²) in [4.78, 5) is 15.4. The fraction of sp³-hybridized carbons (Fsp3) is 0.350. The first-order chi connectivity index (χ1) is 14.0. The van der Waals surface area contributed by atoms with Gasteiger partial charge in [0.25, 0.3) is 5.91 Å². The second kappa shape index (κ2) is 10.1. The zero-order valence-corrected chi connectivity index (χ0v) is 17.8. The van der Waals surface area contributed by atoms with Crippen molar-refractivity contribution in [3.05, 3.63) is 54.1 Å². The molecule has 0 spiro atoms. The Morgan fingerprint density at radius 1 is 1.17 bits per heavy atom. The SMILES string of the molecule is CSc1ccc(S(=O)(=O)NCCOc2ccccc2)cc1C(=O)N1CCOCC1. The number of hydrogen-bond acceptors (Lipinski definition) is 6. The predicted octanol–water partition coefficient (Wildman–Crippen LogP) is 2.24. The molecule has 2 aromatic rings. The molecule has 0 atom stereocenters. The highest BCUT2D eigenvalue weighted by atomic mass is 32.2. The third-order valence-electron chi connectivity index (χ3n) is 4.42. The van der Waals surface area contributed by atoms with Gasteiger partial charge in [0.05, 0.1) is 23.7 Å². The quantitative estimate of drug-likeness (QED) is 0.505. The van der Waals surface area contributed by atoms with Crippen LogP contribution >= 0.6 is 11.8 Å². The van der Waals surface area contributed by atoms with E-state index in [1.54, 1.807) is 23.1 Å². The number of sulfonamides is 1. The summed E-state index contributed by atoms with van der Waals surface area (Å²) in [5.74, 6) is 0.497. The van der Waals surface area contributed by atoms with Crippen molar-refractivity contribution in [3.63, 3.8) is 0 Å². The first kappa shape index (κ1) is 21.6. The summed E-state index contributed by atoms with van der Waals surface area (Å²) in [5.41, 5.74) is 0.391. The van der Waals surface area contributed by atoms with Crippen molar-refractivity contribution in [2.75, 3.05) is 45.7 Å². The number of carbonyl (C=O) groups is 1. The fourth-order valence-corrected chi connectivity index (χ4v) is 4.51. The van der Waals surface area contributed by atoms with Crippen molar-refractivity contribution in [1.82, 2.24) is 9.62 Å². The van der Waals surface area contributed by atoms with Gasteiger partial charge in [0.2, 0.25) is 10.0 Å². The summed E-state index contributed by atoms with van der Waals surface area (Å²) < 4.78 is 38.7. The molecule has 0 aliphatic carbocycles. The van der Waals surface area contributed by atoms with E-state index in [1.165, 1.54) is 23.9 Å². The van der Waals surface area contributed by atoms with Crippen molar-refractivity contribution >= 4 is 27.7 Å². The Kier molecular flexibility index (Phi) is 7.54. The topological polar surface area (TPSA) is 84.9 Å². The number of morpholine rings is 1. The molecule has 1 aliphatic heterocycles. The minimum Gasteiger partial charge on any atom is -0.492 e. The van der Waals surface area contributed by atoms with Crippen LogP contribution in [-0.4, -0.2) is 64.9 Å². The summed E-state index contributed by atoms with van der Waals surface area (Å²) in [6.45, 7) is 2.29. The fourth-order valence-electron chi connectivity index (χ4n) is 2.90. The van der Waals surface area contributed by atoms with Crippen LogP contribution in [0.4, 0.5) is 0 Å². The van der Waals surface area contributed by atoms with E-state index in [4.69, 9.17) is 9.47 Å². The predicted molar refractivity (Wildman–Crippen MR) is 112 cm³/mol. The van der Waals surface area contributed by atoms with E-state index in [0.29, 0.717) is 37.6 Å². The summed E-state index contributed by atoms with van der Waals surface area (Å²) >= 11 is 1.41. The standard InChI is InChI=1S/C20H24N2O5S2/c1-28-19-8-7-17(15-18(19)20(23)22-10-13-26-14-11-22)29(24,25)21-9-12-27-16-5-3-2-4-6-16/h2-8,15,21H,9-14H2,1H3. The number of benzene rings is 2. The van der Waals surface area contributed by atoms with Gasteiger partial charge in [0.1, 0.15) is 12.4 Å². The van der Waals surface area contributed by atoms with Crippen LogP contribution in [0.5, 0.6) is 5.75 Å². The van der Waals surface area contributed by atoms with Crippen LogP contribution in [0.1, 0.15) is 10.4 Å². The van der Waals surface area contributed by atoms with Crippen LogP contribution < -0.4 is 9.46 Å². The molecule has 29 heavy (non-hydrogen) atoms. The molecule has 0 unspecified atom stereocenters. The van der Waals surface area contributed by atoms with E-state index in [9.17, 15) is 13.2 Å². The zero-order valence-electron chi connectivity index (χ0n) is 16.2. The van der Waals surface area contributed by atoms with Gasteiger partial charge in [-0.05, 0) is 36.6 Å². The van der Waals surface area contributed by atoms with E-state index < -0.39 is 10.0 Å². The number of ether oxygens (including phenoxy) is 2. The van der Waals surface area contributed by atoms with Gasteiger partial charge in [0, 0.05) is 24.5 Å². The molecule has 0 aromatic heterocycles. The summed E-state index contributed by atoms with van der Waals surface area (Å²) in [7, 11) is -3.76. The Bertz CT molecular complexity index is 929. The highest BCUT2D eigenvalue weighted by Crippen LogP contribution is 2.25. The van der Waals surface area contributed by atoms with E-state index in [-0.39, 0.29) is 24.0 Å². The van der Waals surface area contributed by atoms with Crippen LogP contribution in [0, 0.1) is 0 Å². The van der Waals surface area contributed by atoms with Gasteiger partial charge in [-0.3, -0.25) is 4.79 Å². The maximum absolute atomic E-state index is 12.9. The van der Waals surface area contributed by atoms with E-state index >= 15 is 0 Å². The number of amides is 1. The molecular formula is C20H24N2O5S2. The number of rotatable bonds is 8. The Morgan fingerprint density at radius 3 is 2.59 bits per heavy atom. The molecular weight excluding hydrogens is 412 g/mol. The summed E-state index contributed by atoms with van der Waals surface area (Å²) in [5, 5.41) is 0. The smallest absolute Gasteiger partial charge is 0.255 e. The van der Waals surface area contributed by atoms with Crippen molar-refractivity contribution in [2.45, 2.75) is 9.79 Å². The molecule has 156 valence electrons. The summed E-state index contributed by atoms with van der Waals surface area (Å²) in [6.07, 6.45) is 1.86. The molecule has 3 rings (SSSR count). The minimum atomic E-state index is -3.76. The maximum Gasteiger partial charge on any atom is 0.255 e. The molecule has 9 heteroatoms. The lowest BCUT2D eigenvalue weighted by Crippen LogP contribution is -2.41. The Labute approximate surface area is 175 Å². The molecule has 1 saturated heterocycles. The molecule has 1 aliphatic rings. The number of hydrogen-bond donors (Lipinski definition) is 1. The third-order valence-corrected chi connectivity index (χ3v) is 6.67. The Balaban J connectivity index is 1.69. The third kappa shape index (κ3) is 5.72. The number of carbonyl (C=O) groups excluding carboxylic acids is 1. The lowest BCUT2D eigenvalue weighted by molar-refractivity contribution is 0.0300. The van der Waals surface area contributed by atoms with E-state index in [2.05, 4.69) is 4.72 Å². The van der Waals surface area contributed by atoms with Gasteiger partial charge in [-0.25, -0.2) is 13.1 Å². The molecule has 1 fully saturated rings. The van der Waals surface area contributed by atoms with Crippen molar-refractivity contribution in [3.8, 4) is 5.75 Å². The first-order valence-corrected chi connectivity index (χ1v) is 11.9. The largest absolute Gasteiger partial charge is 0.492 e. The second-order valence-electron chi connectivity index (χ2n) is 6.33. The lowest BCUT2D eigenvalue weighted by Gasteiger charge is -2.27. The zero-order chi connectivity index (χ0) is 20.7.